The zero-order chi connectivity index (χ0) is 21.4. The lowest BCUT2D eigenvalue weighted by Crippen LogP contribution is -2.48. The van der Waals surface area contributed by atoms with Crippen LogP contribution in [0, 0.1) is 5.82 Å². The highest BCUT2D eigenvalue weighted by Gasteiger charge is 2.52. The molecule has 5 rings (SSSR count). The summed E-state index contributed by atoms with van der Waals surface area (Å²) in [6.45, 7) is 0.697. The second-order valence-corrected chi connectivity index (χ2v) is 8.23. The number of nitrogens with zero attached hydrogens (tertiary/aromatic N) is 2. The number of hydrogen-bond donors (Lipinski definition) is 1. The number of rotatable bonds is 4. The normalized spacial score (nSPS) is 22.8. The van der Waals surface area contributed by atoms with E-state index in [0.717, 1.165) is 18.5 Å². The number of aliphatic hydroxyl groups is 1. The second kappa shape index (κ2) is 8.25. The average molecular weight is 416 g/mol. The number of aliphatic hydroxyl groups excluding tert-OH is 1. The molecule has 1 saturated heterocycles. The molecule has 1 fully saturated rings. The monoisotopic (exact) mass is 416 g/mol. The minimum absolute atomic E-state index is 0.0247. The molecule has 2 aliphatic rings. The van der Waals surface area contributed by atoms with Crippen LogP contribution in [-0.4, -0.2) is 40.2 Å². The summed E-state index contributed by atoms with van der Waals surface area (Å²) in [5.41, 5.74) is 4.10. The molecule has 0 unspecified atom stereocenters. The quantitative estimate of drug-likeness (QED) is 0.689. The third-order valence-electron chi connectivity index (χ3n) is 6.56. The lowest BCUT2D eigenvalue weighted by Gasteiger charge is -2.38. The first kappa shape index (κ1) is 19.9. The van der Waals surface area contributed by atoms with E-state index < -0.39 is 0 Å². The molecule has 3 atom stereocenters. The van der Waals surface area contributed by atoms with Crippen LogP contribution < -0.4 is 0 Å². The number of hydrogen-bond acceptors (Lipinski definition) is 3. The molecule has 0 aromatic heterocycles. The van der Waals surface area contributed by atoms with Crippen LogP contribution in [0.1, 0.15) is 45.4 Å². The Balaban J connectivity index is 1.66. The highest BCUT2D eigenvalue weighted by molar-refractivity contribution is 5.94. The van der Waals surface area contributed by atoms with E-state index in [9.17, 15) is 14.3 Å². The largest absolute Gasteiger partial charge is 0.396 e. The van der Waals surface area contributed by atoms with Gasteiger partial charge >= 0.3 is 0 Å². The number of benzene rings is 3. The molecule has 1 N–H and O–H groups in total. The van der Waals surface area contributed by atoms with Crippen molar-refractivity contribution in [3.8, 4) is 0 Å². The predicted molar refractivity (Wildman–Crippen MR) is 117 cm³/mol. The highest BCUT2D eigenvalue weighted by Crippen LogP contribution is 2.51. The van der Waals surface area contributed by atoms with E-state index >= 15 is 0 Å². The Hall–Kier alpha value is -3.02. The van der Waals surface area contributed by atoms with Crippen LogP contribution in [0.25, 0.3) is 0 Å². The number of amides is 1. The third-order valence-corrected chi connectivity index (χ3v) is 6.56. The minimum atomic E-state index is -0.279. The Morgan fingerprint density at radius 2 is 1.68 bits per heavy atom. The van der Waals surface area contributed by atoms with Crippen LogP contribution >= 0.6 is 0 Å². The summed E-state index contributed by atoms with van der Waals surface area (Å²) >= 11 is 0. The molecular formula is C26H25FN2O2. The van der Waals surface area contributed by atoms with Crippen LogP contribution in [0.3, 0.4) is 0 Å². The van der Waals surface area contributed by atoms with E-state index in [1.54, 1.807) is 0 Å². The van der Waals surface area contributed by atoms with Crippen molar-refractivity contribution in [2.24, 2.45) is 0 Å². The lowest BCUT2D eigenvalue weighted by molar-refractivity contribution is -0.0182. The van der Waals surface area contributed by atoms with Crippen molar-refractivity contribution < 1.29 is 14.3 Å². The van der Waals surface area contributed by atoms with Gasteiger partial charge in [0, 0.05) is 24.6 Å². The summed E-state index contributed by atoms with van der Waals surface area (Å²) in [5.74, 6) is -0.409. The fourth-order valence-electron chi connectivity index (χ4n) is 5.26. The molecule has 31 heavy (non-hydrogen) atoms. The zero-order valence-electron chi connectivity index (χ0n) is 17.2. The molecule has 158 valence electrons. The van der Waals surface area contributed by atoms with Crippen molar-refractivity contribution in [2.45, 2.75) is 30.8 Å². The second-order valence-electron chi connectivity index (χ2n) is 8.23. The van der Waals surface area contributed by atoms with Gasteiger partial charge in [0.2, 0.25) is 0 Å². The van der Waals surface area contributed by atoms with Gasteiger partial charge < -0.3 is 5.11 Å². The molecule has 0 bridgehead atoms. The van der Waals surface area contributed by atoms with Crippen molar-refractivity contribution in [3.63, 3.8) is 0 Å². The Labute approximate surface area is 181 Å². The van der Waals surface area contributed by atoms with Gasteiger partial charge in [0.05, 0.1) is 12.1 Å². The molecule has 2 aliphatic heterocycles. The topological polar surface area (TPSA) is 43.8 Å². The maximum Gasteiger partial charge on any atom is 0.268 e. The molecule has 0 saturated carbocycles. The first-order chi connectivity index (χ1) is 15.2. The molecular weight excluding hydrogens is 391 g/mol. The Bertz CT molecular complexity index is 1070. The standard InChI is InChI=1S/C26H25FN2O2/c27-21-12-10-19(11-13-21)24-23(15-17-30)29(26(31)20-7-2-1-3-8-20)28-16-14-18-6-4-5-9-22(18)25(24)28/h1-13,23-25,30H,14-17H2/t23-,24-,25+/m0/s1. The summed E-state index contributed by atoms with van der Waals surface area (Å²) < 4.78 is 13.7. The van der Waals surface area contributed by atoms with Gasteiger partial charge in [0.1, 0.15) is 5.82 Å². The average Bonchev–Trinajstić information content (AvgIpc) is 3.14. The predicted octanol–water partition coefficient (Wildman–Crippen LogP) is 4.33. The van der Waals surface area contributed by atoms with Gasteiger partial charge in [-0.25, -0.2) is 9.40 Å². The van der Waals surface area contributed by atoms with Crippen LogP contribution in [-0.2, 0) is 6.42 Å². The highest BCUT2D eigenvalue weighted by atomic mass is 19.1. The van der Waals surface area contributed by atoms with Crippen molar-refractivity contribution in [2.75, 3.05) is 13.2 Å². The van der Waals surface area contributed by atoms with Gasteiger partial charge in [0.15, 0.2) is 0 Å². The van der Waals surface area contributed by atoms with Gasteiger partial charge in [-0.05, 0) is 53.8 Å². The number of carbonyl (C=O) groups is 1. The van der Waals surface area contributed by atoms with Crippen LogP contribution in [0.5, 0.6) is 0 Å². The van der Waals surface area contributed by atoms with Crippen molar-refractivity contribution >= 4 is 5.91 Å². The van der Waals surface area contributed by atoms with Crippen molar-refractivity contribution in [1.82, 2.24) is 10.0 Å². The first-order valence-corrected chi connectivity index (χ1v) is 10.8. The van der Waals surface area contributed by atoms with Crippen LogP contribution in [0.15, 0.2) is 78.9 Å². The van der Waals surface area contributed by atoms with Crippen LogP contribution in [0.4, 0.5) is 4.39 Å². The maximum absolute atomic E-state index is 13.7. The smallest absolute Gasteiger partial charge is 0.268 e. The van der Waals surface area contributed by atoms with Gasteiger partial charge in [-0.15, -0.1) is 0 Å². The summed E-state index contributed by atoms with van der Waals surface area (Å²) in [4.78, 5) is 13.7. The van der Waals surface area contributed by atoms with Gasteiger partial charge in [-0.2, -0.15) is 0 Å². The first-order valence-electron chi connectivity index (χ1n) is 10.8. The summed E-state index contributed by atoms with van der Waals surface area (Å²) in [6.07, 6.45) is 1.31. The Morgan fingerprint density at radius 3 is 2.42 bits per heavy atom. The number of fused-ring (bicyclic) bond motifs is 3. The third kappa shape index (κ3) is 3.44. The fraction of sp³-hybridized carbons (Fsp3) is 0.269. The minimum Gasteiger partial charge on any atom is -0.396 e. The van der Waals surface area contributed by atoms with Crippen LogP contribution in [0.2, 0.25) is 0 Å². The summed E-state index contributed by atoms with van der Waals surface area (Å²) in [7, 11) is 0. The van der Waals surface area contributed by atoms with E-state index in [0.29, 0.717) is 12.0 Å². The van der Waals surface area contributed by atoms with Gasteiger partial charge in [-0.1, -0.05) is 54.6 Å². The maximum atomic E-state index is 13.7. The zero-order valence-corrected chi connectivity index (χ0v) is 17.2. The molecule has 1 amide bonds. The number of hydrazine groups is 1. The Kier molecular flexibility index (Phi) is 5.30. The van der Waals surface area contributed by atoms with Gasteiger partial charge in [0.25, 0.3) is 5.91 Å². The molecule has 2 heterocycles. The fourth-order valence-corrected chi connectivity index (χ4v) is 5.26. The van der Waals surface area contributed by atoms with E-state index in [2.05, 4.69) is 23.2 Å². The molecule has 0 radical (unpaired) electrons. The number of halogens is 1. The lowest BCUT2D eigenvalue weighted by atomic mass is 9.79. The van der Waals surface area contributed by atoms with Crippen molar-refractivity contribution in [3.05, 3.63) is 107 Å². The van der Waals surface area contributed by atoms with Gasteiger partial charge in [-0.3, -0.25) is 9.80 Å². The SMILES string of the molecule is O=C(c1ccccc1)N1[C@@H](CCO)[C@H](c2ccc(F)cc2)[C@H]2c3ccccc3CCN21. The molecule has 3 aromatic carbocycles. The Morgan fingerprint density at radius 1 is 0.968 bits per heavy atom. The summed E-state index contributed by atoms with van der Waals surface area (Å²) in [5, 5.41) is 14.0. The number of carbonyl (C=O) groups excluding carboxylic acids is 1. The van der Waals surface area contributed by atoms with E-state index in [1.807, 2.05) is 53.5 Å². The van der Waals surface area contributed by atoms with E-state index in [1.165, 1.54) is 23.3 Å². The molecule has 4 nitrogen and oxygen atoms in total. The van der Waals surface area contributed by atoms with Crippen molar-refractivity contribution in [1.29, 1.82) is 0 Å². The van der Waals surface area contributed by atoms with E-state index in [-0.39, 0.29) is 36.3 Å². The molecule has 3 aromatic rings. The molecule has 0 aliphatic carbocycles. The summed E-state index contributed by atoms with van der Waals surface area (Å²) in [6, 6.07) is 24.0. The van der Waals surface area contributed by atoms with E-state index in [4.69, 9.17) is 0 Å². The molecule has 0 spiro atoms. The molecule has 5 heteroatoms.